The fraction of sp³-hybridized carbons (Fsp3) is 0.440. The molecular formula is C25H31N3O6S. The summed E-state index contributed by atoms with van der Waals surface area (Å²) in [6, 6.07) is 6.94. The molecule has 1 aromatic carbocycles. The molecule has 1 fully saturated rings. The van der Waals surface area contributed by atoms with Crippen molar-refractivity contribution in [2.24, 2.45) is 0 Å². The number of hydrogen-bond acceptors (Lipinski definition) is 6. The van der Waals surface area contributed by atoms with E-state index in [1.165, 1.54) is 30.3 Å². The highest BCUT2D eigenvalue weighted by molar-refractivity contribution is 7.90. The number of nitrogens with zero attached hydrogens (tertiary/aromatic N) is 1. The van der Waals surface area contributed by atoms with Crippen molar-refractivity contribution in [1.29, 1.82) is 0 Å². The van der Waals surface area contributed by atoms with Crippen molar-refractivity contribution in [2.45, 2.75) is 75.6 Å². The summed E-state index contributed by atoms with van der Waals surface area (Å²) in [6.45, 7) is 2.01. The molecule has 1 aliphatic carbocycles. The molecular weight excluding hydrogens is 470 g/mol. The van der Waals surface area contributed by atoms with Crippen molar-refractivity contribution in [3.05, 3.63) is 58.9 Å². The predicted octanol–water partition coefficient (Wildman–Crippen LogP) is 3.69. The number of carbonyl (C=O) groups excluding carboxylic acids is 2. The molecule has 1 saturated carbocycles. The summed E-state index contributed by atoms with van der Waals surface area (Å²) < 4.78 is 27.7. The standard InChI is InChI=1S/C25H31N3O6S/c1-2-3-5-9-17-14-19(16-26-22(17)25(31)32)24(30)28-35(33,34)21-13-8-10-18(15-21)23(29)27-20-11-6-4-7-12-20/h8,10,13-16,20H,2-7,9,11-12H2,1H3,(H,27,29)(H,28,30)(H,31,32). The van der Waals surface area contributed by atoms with E-state index in [0.717, 1.165) is 57.6 Å². The number of carboxylic acid groups (broad SMARTS) is 1. The SMILES string of the molecule is CCCCCc1cc(C(=O)NS(=O)(=O)c2cccc(C(=O)NC3CCCCC3)c2)cnc1C(=O)O. The van der Waals surface area contributed by atoms with Gasteiger partial charge in [-0.05, 0) is 55.5 Å². The molecule has 0 spiro atoms. The second kappa shape index (κ2) is 11.9. The summed E-state index contributed by atoms with van der Waals surface area (Å²) in [7, 11) is -4.28. The van der Waals surface area contributed by atoms with Gasteiger partial charge in [0, 0.05) is 17.8 Å². The molecule has 2 aromatic rings. The Morgan fingerprint density at radius 3 is 2.46 bits per heavy atom. The van der Waals surface area contributed by atoms with Crippen LogP contribution in [0.3, 0.4) is 0 Å². The molecule has 1 heterocycles. The van der Waals surface area contributed by atoms with Gasteiger partial charge in [0.15, 0.2) is 5.69 Å². The highest BCUT2D eigenvalue weighted by atomic mass is 32.2. The van der Waals surface area contributed by atoms with Crippen LogP contribution in [0.1, 0.15) is 95.1 Å². The third kappa shape index (κ3) is 7.11. The smallest absolute Gasteiger partial charge is 0.354 e. The maximum absolute atomic E-state index is 12.9. The second-order valence-electron chi connectivity index (χ2n) is 8.76. The first-order valence-corrected chi connectivity index (χ1v) is 13.4. The van der Waals surface area contributed by atoms with Gasteiger partial charge < -0.3 is 10.4 Å². The molecule has 0 saturated heterocycles. The molecule has 3 rings (SSSR count). The third-order valence-corrected chi connectivity index (χ3v) is 7.38. The molecule has 188 valence electrons. The average molecular weight is 502 g/mol. The Kier molecular flexibility index (Phi) is 8.97. The maximum atomic E-state index is 12.9. The van der Waals surface area contributed by atoms with Crippen molar-refractivity contribution in [3.8, 4) is 0 Å². The predicted molar refractivity (Wildman–Crippen MR) is 130 cm³/mol. The van der Waals surface area contributed by atoms with Crippen LogP contribution in [0.25, 0.3) is 0 Å². The van der Waals surface area contributed by atoms with Crippen LogP contribution in [0.5, 0.6) is 0 Å². The Morgan fingerprint density at radius 2 is 1.77 bits per heavy atom. The number of carbonyl (C=O) groups is 3. The van der Waals surface area contributed by atoms with E-state index in [2.05, 4.69) is 10.3 Å². The number of pyridine rings is 1. The summed E-state index contributed by atoms with van der Waals surface area (Å²) in [5.41, 5.74) is 0.349. The van der Waals surface area contributed by atoms with Crippen molar-refractivity contribution < 1.29 is 27.9 Å². The van der Waals surface area contributed by atoms with Gasteiger partial charge >= 0.3 is 5.97 Å². The highest BCUT2D eigenvalue weighted by Crippen LogP contribution is 2.19. The van der Waals surface area contributed by atoms with Gasteiger partial charge in [0.1, 0.15) is 0 Å². The molecule has 9 nitrogen and oxygen atoms in total. The normalized spacial score (nSPS) is 14.3. The lowest BCUT2D eigenvalue weighted by Crippen LogP contribution is -2.36. The molecule has 0 bridgehead atoms. The largest absolute Gasteiger partial charge is 0.477 e. The van der Waals surface area contributed by atoms with Gasteiger partial charge in [0.2, 0.25) is 0 Å². The molecule has 10 heteroatoms. The van der Waals surface area contributed by atoms with Crippen LogP contribution >= 0.6 is 0 Å². The number of nitrogens with one attached hydrogen (secondary N) is 2. The lowest BCUT2D eigenvalue weighted by Gasteiger charge is -2.22. The van der Waals surface area contributed by atoms with Gasteiger partial charge in [-0.15, -0.1) is 0 Å². The monoisotopic (exact) mass is 501 g/mol. The van der Waals surface area contributed by atoms with Crippen LogP contribution in [-0.2, 0) is 16.4 Å². The van der Waals surface area contributed by atoms with Gasteiger partial charge in [0.25, 0.3) is 21.8 Å². The molecule has 0 unspecified atom stereocenters. The van der Waals surface area contributed by atoms with Crippen LogP contribution in [0.4, 0.5) is 0 Å². The van der Waals surface area contributed by atoms with E-state index in [1.54, 1.807) is 0 Å². The minimum Gasteiger partial charge on any atom is -0.477 e. The minimum absolute atomic E-state index is 0.0590. The number of aryl methyl sites for hydroxylation is 1. The number of unbranched alkanes of at least 4 members (excludes halogenated alkanes) is 2. The number of sulfonamides is 1. The van der Waals surface area contributed by atoms with E-state index in [9.17, 15) is 27.9 Å². The van der Waals surface area contributed by atoms with E-state index >= 15 is 0 Å². The van der Waals surface area contributed by atoms with Crippen molar-refractivity contribution >= 4 is 27.8 Å². The minimum atomic E-state index is -4.28. The summed E-state index contributed by atoms with van der Waals surface area (Å²) >= 11 is 0. The molecule has 2 amide bonds. The van der Waals surface area contributed by atoms with E-state index in [-0.39, 0.29) is 33.7 Å². The van der Waals surface area contributed by atoms with E-state index in [4.69, 9.17) is 0 Å². The molecule has 1 aromatic heterocycles. The lowest BCUT2D eigenvalue weighted by atomic mass is 9.95. The van der Waals surface area contributed by atoms with Crippen molar-refractivity contribution in [1.82, 2.24) is 15.0 Å². The first-order valence-electron chi connectivity index (χ1n) is 11.9. The summed E-state index contributed by atoms with van der Waals surface area (Å²) in [4.78, 5) is 40.5. The van der Waals surface area contributed by atoms with Crippen LogP contribution < -0.4 is 10.0 Å². The zero-order valence-electron chi connectivity index (χ0n) is 19.7. The molecule has 35 heavy (non-hydrogen) atoms. The van der Waals surface area contributed by atoms with E-state index in [0.29, 0.717) is 12.0 Å². The fourth-order valence-corrected chi connectivity index (χ4v) is 5.16. The Balaban J connectivity index is 1.75. The average Bonchev–Trinajstić information content (AvgIpc) is 2.84. The number of rotatable bonds is 10. The molecule has 0 radical (unpaired) electrons. The second-order valence-corrected chi connectivity index (χ2v) is 10.4. The zero-order chi connectivity index (χ0) is 25.4. The third-order valence-electron chi connectivity index (χ3n) is 6.06. The number of aromatic carboxylic acids is 1. The van der Waals surface area contributed by atoms with Crippen LogP contribution in [0.2, 0.25) is 0 Å². The van der Waals surface area contributed by atoms with E-state index < -0.39 is 21.9 Å². The van der Waals surface area contributed by atoms with Gasteiger partial charge in [-0.2, -0.15) is 0 Å². The van der Waals surface area contributed by atoms with E-state index in [1.807, 2.05) is 11.6 Å². The van der Waals surface area contributed by atoms with Crippen molar-refractivity contribution in [3.63, 3.8) is 0 Å². The molecule has 0 aliphatic heterocycles. The Bertz CT molecular complexity index is 1190. The number of hydrogen-bond donors (Lipinski definition) is 3. The molecule has 0 atom stereocenters. The number of amides is 2. The Morgan fingerprint density at radius 1 is 1.03 bits per heavy atom. The van der Waals surface area contributed by atoms with Crippen molar-refractivity contribution in [2.75, 3.05) is 0 Å². The van der Waals surface area contributed by atoms with Gasteiger partial charge in [-0.1, -0.05) is 45.1 Å². The maximum Gasteiger partial charge on any atom is 0.354 e. The summed E-state index contributed by atoms with van der Waals surface area (Å²) in [5, 5.41) is 12.3. The van der Waals surface area contributed by atoms with Crippen LogP contribution in [-0.4, -0.2) is 42.3 Å². The Hall–Kier alpha value is -3.27. The van der Waals surface area contributed by atoms with Gasteiger partial charge in [0.05, 0.1) is 10.5 Å². The molecule has 3 N–H and O–H groups in total. The first kappa shape index (κ1) is 26.3. The number of aromatic nitrogens is 1. The Labute approximate surface area is 205 Å². The van der Waals surface area contributed by atoms with Gasteiger partial charge in [-0.25, -0.2) is 22.9 Å². The first-order chi connectivity index (χ1) is 16.7. The quantitative estimate of drug-likeness (QED) is 0.421. The highest BCUT2D eigenvalue weighted by Gasteiger charge is 2.23. The zero-order valence-corrected chi connectivity index (χ0v) is 20.6. The van der Waals surface area contributed by atoms with Crippen LogP contribution in [0.15, 0.2) is 41.4 Å². The van der Waals surface area contributed by atoms with Crippen LogP contribution in [0, 0.1) is 0 Å². The fourth-order valence-electron chi connectivity index (χ4n) is 4.14. The summed E-state index contributed by atoms with van der Waals surface area (Å²) in [6.07, 6.45) is 9.04. The number of carboxylic acids is 1. The summed E-state index contributed by atoms with van der Waals surface area (Å²) in [5.74, 6) is -2.49. The topological polar surface area (TPSA) is 143 Å². The van der Waals surface area contributed by atoms with Gasteiger partial charge in [-0.3, -0.25) is 9.59 Å². The number of benzene rings is 1. The lowest BCUT2D eigenvalue weighted by molar-refractivity contribution is 0.0688. The molecule has 1 aliphatic rings.